The molecule has 0 unspecified atom stereocenters. The standard InChI is InChI=1S/C17H21N3O4S/c1-13-11-14(20-7-2-10-25(20,22)23)3-4-15(13)16(21)19-17(12-18)5-8-24-9-6-17/h3-4,11H,2,5-10H2,1H3,(H,19,21). The fraction of sp³-hybridized carbons (Fsp3) is 0.529. The molecule has 0 saturated carbocycles. The number of rotatable bonds is 3. The summed E-state index contributed by atoms with van der Waals surface area (Å²) in [5.74, 6) is -0.169. The summed E-state index contributed by atoms with van der Waals surface area (Å²) in [7, 11) is -3.25. The Labute approximate surface area is 147 Å². The van der Waals surface area contributed by atoms with Gasteiger partial charge in [0.1, 0.15) is 5.54 Å². The van der Waals surface area contributed by atoms with Gasteiger partial charge in [0.25, 0.3) is 5.91 Å². The molecule has 2 heterocycles. The van der Waals surface area contributed by atoms with Crippen molar-refractivity contribution in [3.8, 4) is 6.07 Å². The molecule has 7 nitrogen and oxygen atoms in total. The zero-order valence-electron chi connectivity index (χ0n) is 14.1. The Morgan fingerprint density at radius 2 is 2.08 bits per heavy atom. The number of carbonyl (C=O) groups is 1. The smallest absolute Gasteiger partial charge is 0.252 e. The molecule has 25 heavy (non-hydrogen) atoms. The molecule has 0 aliphatic carbocycles. The lowest BCUT2D eigenvalue weighted by Crippen LogP contribution is -2.51. The minimum Gasteiger partial charge on any atom is -0.381 e. The number of hydrogen-bond acceptors (Lipinski definition) is 5. The zero-order chi connectivity index (χ0) is 18.1. The van der Waals surface area contributed by atoms with Crippen molar-refractivity contribution in [2.45, 2.75) is 31.7 Å². The van der Waals surface area contributed by atoms with Gasteiger partial charge in [-0.15, -0.1) is 0 Å². The molecule has 1 aromatic rings. The molecule has 2 aliphatic rings. The van der Waals surface area contributed by atoms with E-state index in [0.29, 0.717) is 55.8 Å². The predicted molar refractivity (Wildman–Crippen MR) is 92.8 cm³/mol. The number of sulfonamides is 1. The van der Waals surface area contributed by atoms with E-state index in [9.17, 15) is 18.5 Å². The number of aryl methyl sites for hydroxylation is 1. The number of nitrogens with one attached hydrogen (secondary N) is 1. The van der Waals surface area contributed by atoms with Gasteiger partial charge in [-0.3, -0.25) is 9.10 Å². The highest BCUT2D eigenvalue weighted by Gasteiger charge is 2.35. The van der Waals surface area contributed by atoms with Gasteiger partial charge >= 0.3 is 0 Å². The van der Waals surface area contributed by atoms with Crippen molar-refractivity contribution in [3.63, 3.8) is 0 Å². The average molecular weight is 363 g/mol. The summed E-state index contributed by atoms with van der Waals surface area (Å²) in [6, 6.07) is 7.18. The van der Waals surface area contributed by atoms with Crippen molar-refractivity contribution in [1.82, 2.24) is 5.32 Å². The summed E-state index contributed by atoms with van der Waals surface area (Å²) in [6.07, 6.45) is 1.52. The van der Waals surface area contributed by atoms with Crippen LogP contribution >= 0.6 is 0 Å². The Kier molecular flexibility index (Phi) is 4.71. The van der Waals surface area contributed by atoms with Crippen molar-refractivity contribution in [2.75, 3.05) is 29.8 Å². The summed E-state index contributed by atoms with van der Waals surface area (Å²) >= 11 is 0. The van der Waals surface area contributed by atoms with E-state index >= 15 is 0 Å². The van der Waals surface area contributed by atoms with E-state index in [1.807, 2.05) is 0 Å². The van der Waals surface area contributed by atoms with Crippen molar-refractivity contribution >= 4 is 21.6 Å². The third kappa shape index (κ3) is 3.48. The molecule has 1 aromatic carbocycles. The highest BCUT2D eigenvalue weighted by atomic mass is 32.2. The molecule has 2 saturated heterocycles. The number of benzene rings is 1. The first-order valence-corrected chi connectivity index (χ1v) is 9.90. The average Bonchev–Trinajstić information content (AvgIpc) is 2.94. The molecule has 1 N–H and O–H groups in total. The molecule has 2 aliphatic heterocycles. The van der Waals surface area contributed by atoms with Crippen molar-refractivity contribution in [2.24, 2.45) is 0 Å². The molecular weight excluding hydrogens is 342 g/mol. The lowest BCUT2D eigenvalue weighted by atomic mass is 9.91. The van der Waals surface area contributed by atoms with E-state index in [1.54, 1.807) is 25.1 Å². The SMILES string of the molecule is Cc1cc(N2CCCS2(=O)=O)ccc1C(=O)NC1(C#N)CCOCC1. The van der Waals surface area contributed by atoms with E-state index in [4.69, 9.17) is 4.74 Å². The molecule has 0 spiro atoms. The summed E-state index contributed by atoms with van der Waals surface area (Å²) in [5, 5.41) is 12.3. The number of carbonyl (C=O) groups excluding carboxylic acids is 1. The normalized spacial score (nSPS) is 21.5. The summed E-state index contributed by atoms with van der Waals surface area (Å²) < 4.78 is 30.7. The molecule has 3 rings (SSSR count). The Morgan fingerprint density at radius 1 is 1.36 bits per heavy atom. The van der Waals surface area contributed by atoms with Gasteiger partial charge in [-0.2, -0.15) is 5.26 Å². The lowest BCUT2D eigenvalue weighted by Gasteiger charge is -2.31. The second kappa shape index (κ2) is 6.65. The highest BCUT2D eigenvalue weighted by Crippen LogP contribution is 2.27. The van der Waals surface area contributed by atoms with Crippen LogP contribution in [0.5, 0.6) is 0 Å². The van der Waals surface area contributed by atoms with E-state index in [2.05, 4.69) is 11.4 Å². The van der Waals surface area contributed by atoms with Gasteiger partial charge in [-0.25, -0.2) is 8.42 Å². The van der Waals surface area contributed by atoms with Crippen LogP contribution in [0.15, 0.2) is 18.2 Å². The molecule has 0 aromatic heterocycles. The number of anilines is 1. The Hall–Kier alpha value is -2.11. The molecule has 8 heteroatoms. The van der Waals surface area contributed by atoms with Crippen LogP contribution in [-0.2, 0) is 14.8 Å². The van der Waals surface area contributed by atoms with Gasteiger partial charge in [-0.1, -0.05) is 0 Å². The third-order valence-electron chi connectivity index (χ3n) is 4.76. The van der Waals surface area contributed by atoms with Crippen LogP contribution in [0.1, 0.15) is 35.2 Å². The van der Waals surface area contributed by atoms with Gasteiger partial charge < -0.3 is 10.1 Å². The van der Waals surface area contributed by atoms with Crippen LogP contribution in [0.4, 0.5) is 5.69 Å². The Morgan fingerprint density at radius 3 is 2.64 bits per heavy atom. The van der Waals surface area contributed by atoms with Crippen LogP contribution in [0.3, 0.4) is 0 Å². The first-order chi connectivity index (χ1) is 11.9. The molecule has 2 fully saturated rings. The number of ether oxygens (including phenoxy) is 1. The fourth-order valence-electron chi connectivity index (χ4n) is 3.26. The molecule has 134 valence electrons. The van der Waals surface area contributed by atoms with Gasteiger partial charge in [0, 0.05) is 38.2 Å². The molecule has 0 atom stereocenters. The van der Waals surface area contributed by atoms with E-state index in [1.165, 1.54) is 4.31 Å². The maximum absolute atomic E-state index is 12.6. The van der Waals surface area contributed by atoms with Gasteiger partial charge in [0.15, 0.2) is 0 Å². The van der Waals surface area contributed by atoms with Crippen molar-refractivity contribution < 1.29 is 17.9 Å². The maximum atomic E-state index is 12.6. The van der Waals surface area contributed by atoms with Gasteiger partial charge in [-0.05, 0) is 37.1 Å². The van der Waals surface area contributed by atoms with E-state index in [0.717, 1.165) is 0 Å². The number of amides is 1. The van der Waals surface area contributed by atoms with Crippen LogP contribution in [0.2, 0.25) is 0 Å². The van der Waals surface area contributed by atoms with Gasteiger partial charge in [0.2, 0.25) is 10.0 Å². The summed E-state index contributed by atoms with van der Waals surface area (Å²) in [4.78, 5) is 12.6. The quantitative estimate of drug-likeness (QED) is 0.873. The maximum Gasteiger partial charge on any atom is 0.252 e. The predicted octanol–water partition coefficient (Wildman–Crippen LogP) is 1.34. The first kappa shape index (κ1) is 17.7. The van der Waals surface area contributed by atoms with Crippen molar-refractivity contribution in [3.05, 3.63) is 29.3 Å². The number of hydrogen-bond donors (Lipinski definition) is 1. The minimum absolute atomic E-state index is 0.154. The van der Waals surface area contributed by atoms with Gasteiger partial charge in [0.05, 0.1) is 17.5 Å². The second-order valence-corrected chi connectivity index (χ2v) is 8.51. The molecule has 0 radical (unpaired) electrons. The van der Waals surface area contributed by atoms with Crippen LogP contribution < -0.4 is 9.62 Å². The van der Waals surface area contributed by atoms with E-state index < -0.39 is 15.6 Å². The topological polar surface area (TPSA) is 99.5 Å². The van der Waals surface area contributed by atoms with Crippen LogP contribution in [-0.4, -0.2) is 45.4 Å². The summed E-state index contributed by atoms with van der Waals surface area (Å²) in [6.45, 7) is 3.12. The molecule has 0 bridgehead atoms. The molecular formula is C17H21N3O4S. The largest absolute Gasteiger partial charge is 0.381 e. The lowest BCUT2D eigenvalue weighted by molar-refractivity contribution is 0.0531. The highest BCUT2D eigenvalue weighted by molar-refractivity contribution is 7.93. The van der Waals surface area contributed by atoms with E-state index in [-0.39, 0.29) is 11.7 Å². The number of nitrogens with zero attached hydrogens (tertiary/aromatic N) is 2. The van der Waals surface area contributed by atoms with Crippen LogP contribution in [0.25, 0.3) is 0 Å². The fourth-order valence-corrected chi connectivity index (χ4v) is 4.81. The molecule has 1 amide bonds. The second-order valence-electron chi connectivity index (χ2n) is 6.50. The van der Waals surface area contributed by atoms with Crippen LogP contribution in [0, 0.1) is 18.3 Å². The monoisotopic (exact) mass is 363 g/mol. The third-order valence-corrected chi connectivity index (χ3v) is 6.62. The minimum atomic E-state index is -3.25. The first-order valence-electron chi connectivity index (χ1n) is 8.29. The Balaban J connectivity index is 1.81. The Bertz CT molecular complexity index is 823. The zero-order valence-corrected chi connectivity index (χ0v) is 14.9. The summed E-state index contributed by atoms with van der Waals surface area (Å²) in [5.41, 5.74) is 0.796. The van der Waals surface area contributed by atoms with Crippen molar-refractivity contribution in [1.29, 1.82) is 5.26 Å². The number of nitriles is 1.